The third-order valence-electron chi connectivity index (χ3n) is 2.16. The lowest BCUT2D eigenvalue weighted by atomic mass is 10.5. The lowest BCUT2D eigenvalue weighted by Crippen LogP contribution is -2.27. The summed E-state index contributed by atoms with van der Waals surface area (Å²) >= 11 is 0. The molecule has 2 heterocycles. The van der Waals surface area contributed by atoms with Crippen LogP contribution in [0.25, 0.3) is 0 Å². The van der Waals surface area contributed by atoms with Crippen LogP contribution < -0.4 is 4.72 Å². The quantitative estimate of drug-likeness (QED) is 0.722. The fourth-order valence-electron chi connectivity index (χ4n) is 1.31. The number of nitrogens with one attached hydrogen (secondary N) is 1. The van der Waals surface area contributed by atoms with E-state index < -0.39 is 10.0 Å². The molecule has 0 aliphatic rings. The maximum atomic E-state index is 11.8. The van der Waals surface area contributed by atoms with Gasteiger partial charge in [0.05, 0.1) is 12.7 Å². The zero-order valence-electron chi connectivity index (χ0n) is 9.35. The number of aromatic nitrogens is 3. The van der Waals surface area contributed by atoms with Gasteiger partial charge in [0.2, 0.25) is 5.09 Å². The van der Waals surface area contributed by atoms with Crippen molar-refractivity contribution in [3.8, 4) is 0 Å². The Labute approximate surface area is 103 Å². The fraction of sp³-hybridized carbons (Fsp3) is 0.333. The second-order valence-corrected chi connectivity index (χ2v) is 5.14. The molecule has 0 unspecified atom stereocenters. The van der Waals surface area contributed by atoms with E-state index in [1.807, 2.05) is 0 Å². The molecule has 0 fully saturated rings. The van der Waals surface area contributed by atoms with E-state index in [4.69, 9.17) is 9.52 Å². The number of furan rings is 1. The first-order chi connectivity index (χ1) is 8.62. The monoisotopic (exact) mass is 272 g/mol. The number of nitrogens with zero attached hydrogens (tertiary/aromatic N) is 3. The second kappa shape index (κ2) is 5.29. The van der Waals surface area contributed by atoms with E-state index in [9.17, 15) is 8.42 Å². The number of hydrogen-bond acceptors (Lipinski definition) is 6. The lowest BCUT2D eigenvalue weighted by Gasteiger charge is -2.03. The van der Waals surface area contributed by atoms with Crippen molar-refractivity contribution in [3.05, 3.63) is 30.3 Å². The molecule has 0 aliphatic carbocycles. The zero-order valence-corrected chi connectivity index (χ0v) is 10.2. The predicted octanol–water partition coefficient (Wildman–Crippen LogP) is -0.658. The van der Waals surface area contributed by atoms with Gasteiger partial charge in [-0.3, -0.25) is 4.68 Å². The molecule has 2 aromatic heterocycles. The van der Waals surface area contributed by atoms with Gasteiger partial charge in [-0.05, 0) is 12.1 Å². The van der Waals surface area contributed by atoms with Gasteiger partial charge in [0.25, 0.3) is 10.0 Å². The van der Waals surface area contributed by atoms with Crippen LogP contribution in [0.4, 0.5) is 0 Å². The molecule has 8 nitrogen and oxygen atoms in total. The predicted molar refractivity (Wildman–Crippen MR) is 59.8 cm³/mol. The van der Waals surface area contributed by atoms with Crippen molar-refractivity contribution in [2.45, 2.75) is 18.2 Å². The Bertz CT molecular complexity index is 590. The molecule has 0 saturated carbocycles. The highest BCUT2D eigenvalue weighted by atomic mass is 32.2. The van der Waals surface area contributed by atoms with Crippen molar-refractivity contribution >= 4 is 10.0 Å². The summed E-state index contributed by atoms with van der Waals surface area (Å²) in [6.45, 7) is 0.197. The summed E-state index contributed by atoms with van der Waals surface area (Å²) in [4.78, 5) is 0. The normalized spacial score (nSPS) is 11.8. The van der Waals surface area contributed by atoms with Crippen molar-refractivity contribution in [2.75, 3.05) is 6.54 Å². The molecule has 2 rings (SSSR count). The first-order valence-electron chi connectivity index (χ1n) is 5.15. The number of aliphatic hydroxyl groups is 1. The largest absolute Gasteiger partial charge is 0.446 e. The molecule has 98 valence electrons. The van der Waals surface area contributed by atoms with E-state index in [0.717, 1.165) is 0 Å². The molecule has 0 spiro atoms. The van der Waals surface area contributed by atoms with Gasteiger partial charge in [0.15, 0.2) is 0 Å². The highest BCUT2D eigenvalue weighted by molar-refractivity contribution is 7.89. The van der Waals surface area contributed by atoms with Crippen molar-refractivity contribution in [2.24, 2.45) is 0 Å². The maximum absolute atomic E-state index is 11.8. The van der Waals surface area contributed by atoms with Gasteiger partial charge in [0.1, 0.15) is 12.4 Å². The minimum atomic E-state index is -3.69. The van der Waals surface area contributed by atoms with E-state index in [-0.39, 0.29) is 24.0 Å². The lowest BCUT2D eigenvalue weighted by molar-refractivity contribution is 0.236. The molecule has 2 aromatic rings. The average Bonchev–Trinajstić information content (AvgIpc) is 2.99. The molecule has 0 saturated heterocycles. The van der Waals surface area contributed by atoms with Crippen molar-refractivity contribution in [1.29, 1.82) is 0 Å². The summed E-state index contributed by atoms with van der Waals surface area (Å²) in [5, 5.41) is 15.9. The summed E-state index contributed by atoms with van der Waals surface area (Å²) in [5.41, 5.74) is 0. The molecule has 0 radical (unpaired) electrons. The van der Waals surface area contributed by atoms with E-state index in [1.54, 1.807) is 6.20 Å². The molecular weight excluding hydrogens is 260 g/mol. The molecular formula is C9H12N4O4S. The highest BCUT2D eigenvalue weighted by Gasteiger charge is 2.17. The highest BCUT2D eigenvalue weighted by Crippen LogP contribution is 2.13. The topological polar surface area (TPSA) is 110 Å². The van der Waals surface area contributed by atoms with Crippen LogP contribution in [0.3, 0.4) is 0 Å². The molecule has 18 heavy (non-hydrogen) atoms. The summed E-state index contributed by atoms with van der Waals surface area (Å²) in [7, 11) is -3.69. The standard InChI is InChI=1S/C9H12N4O4S/c14-7-8-1-2-9(17-8)18(15,16)11-4-6-13-5-3-10-12-13/h1-3,5,11,14H,4,6-7H2. The van der Waals surface area contributed by atoms with Gasteiger partial charge >= 0.3 is 0 Å². The molecule has 2 N–H and O–H groups in total. The molecule has 0 amide bonds. The van der Waals surface area contributed by atoms with Crippen molar-refractivity contribution in [1.82, 2.24) is 19.7 Å². The van der Waals surface area contributed by atoms with Crippen LogP contribution in [0, 0.1) is 0 Å². The van der Waals surface area contributed by atoms with Gasteiger partial charge in [-0.1, -0.05) is 5.21 Å². The molecule has 0 aromatic carbocycles. The maximum Gasteiger partial charge on any atom is 0.274 e. The van der Waals surface area contributed by atoms with E-state index in [1.165, 1.54) is 23.0 Å². The second-order valence-electron chi connectivity index (χ2n) is 3.44. The SMILES string of the molecule is O=S(=O)(NCCn1ccnn1)c1ccc(CO)o1. The minimum Gasteiger partial charge on any atom is -0.446 e. The van der Waals surface area contributed by atoms with Gasteiger partial charge in [0, 0.05) is 12.7 Å². The average molecular weight is 272 g/mol. The summed E-state index contributed by atoms with van der Waals surface area (Å²) in [5.74, 6) is 0.201. The Hall–Kier alpha value is -1.71. The van der Waals surface area contributed by atoms with E-state index in [0.29, 0.717) is 6.54 Å². The zero-order chi connectivity index (χ0) is 13.0. The number of sulfonamides is 1. The van der Waals surface area contributed by atoms with Gasteiger partial charge in [-0.25, -0.2) is 13.1 Å². The van der Waals surface area contributed by atoms with Crippen LogP contribution in [0.15, 0.2) is 34.0 Å². The van der Waals surface area contributed by atoms with Crippen LogP contribution in [-0.2, 0) is 23.2 Å². The van der Waals surface area contributed by atoms with Crippen molar-refractivity contribution in [3.63, 3.8) is 0 Å². The Morgan fingerprint density at radius 2 is 2.28 bits per heavy atom. The van der Waals surface area contributed by atoms with Gasteiger partial charge in [-0.2, -0.15) is 0 Å². The third kappa shape index (κ3) is 2.94. The smallest absolute Gasteiger partial charge is 0.274 e. The van der Waals surface area contributed by atoms with Gasteiger partial charge < -0.3 is 9.52 Å². The Morgan fingerprint density at radius 1 is 1.44 bits per heavy atom. The van der Waals surface area contributed by atoms with Crippen LogP contribution in [0.2, 0.25) is 0 Å². The van der Waals surface area contributed by atoms with Crippen molar-refractivity contribution < 1.29 is 17.9 Å². The molecule has 0 bridgehead atoms. The molecule has 0 aliphatic heterocycles. The molecule has 0 atom stereocenters. The third-order valence-corrected chi connectivity index (χ3v) is 3.50. The van der Waals surface area contributed by atoms with Gasteiger partial charge in [-0.15, -0.1) is 5.10 Å². The summed E-state index contributed by atoms with van der Waals surface area (Å²) in [6.07, 6.45) is 3.14. The number of aliphatic hydroxyl groups excluding tert-OH is 1. The molecule has 9 heteroatoms. The van der Waals surface area contributed by atoms with Crippen LogP contribution >= 0.6 is 0 Å². The van der Waals surface area contributed by atoms with E-state index >= 15 is 0 Å². The minimum absolute atomic E-state index is 0.168. The van der Waals surface area contributed by atoms with Crippen LogP contribution in [-0.4, -0.2) is 35.1 Å². The van der Waals surface area contributed by atoms with Crippen LogP contribution in [0.1, 0.15) is 5.76 Å². The summed E-state index contributed by atoms with van der Waals surface area (Å²) < 4.78 is 32.3. The van der Waals surface area contributed by atoms with Crippen LogP contribution in [0.5, 0.6) is 0 Å². The Morgan fingerprint density at radius 3 is 2.89 bits per heavy atom. The van der Waals surface area contributed by atoms with E-state index in [2.05, 4.69) is 15.0 Å². The first-order valence-corrected chi connectivity index (χ1v) is 6.63. The summed E-state index contributed by atoms with van der Waals surface area (Å²) in [6, 6.07) is 2.70. The first kappa shape index (κ1) is 12.7. The fourth-order valence-corrected chi connectivity index (χ4v) is 2.27. The Kier molecular flexibility index (Phi) is 3.75. The number of hydrogen-bond donors (Lipinski definition) is 2. The Balaban J connectivity index is 1.95. The number of rotatable bonds is 6.